The summed E-state index contributed by atoms with van der Waals surface area (Å²) >= 11 is 0. The molecular weight excluding hydrogens is 314 g/mol. The zero-order valence-electron chi connectivity index (χ0n) is 14.0. The Morgan fingerprint density at radius 3 is 2.64 bits per heavy atom. The molecule has 1 aromatic heterocycles. The number of hydrogen-bond acceptors (Lipinski definition) is 3. The molecule has 1 aromatic carbocycles. The van der Waals surface area contributed by atoms with Crippen molar-refractivity contribution in [2.75, 3.05) is 6.54 Å². The van der Waals surface area contributed by atoms with Crippen LogP contribution in [0.5, 0.6) is 0 Å². The molecule has 4 rings (SSSR count). The van der Waals surface area contributed by atoms with Gasteiger partial charge in [0, 0.05) is 31.9 Å². The molecular formula is C20H21N3O2. The summed E-state index contributed by atoms with van der Waals surface area (Å²) < 4.78 is 0. The molecule has 2 aliphatic heterocycles. The highest BCUT2D eigenvalue weighted by molar-refractivity contribution is 5.84. The Hall–Kier alpha value is -2.69. The first-order valence-corrected chi connectivity index (χ1v) is 8.74. The average Bonchev–Trinajstić information content (AvgIpc) is 3.17. The molecule has 0 N–H and O–H groups in total. The van der Waals surface area contributed by atoms with Crippen LogP contribution in [0.1, 0.15) is 24.0 Å². The number of amides is 2. The first kappa shape index (κ1) is 15.8. The topological polar surface area (TPSA) is 53.5 Å². The van der Waals surface area contributed by atoms with Crippen LogP contribution in [-0.4, -0.2) is 45.2 Å². The quantitative estimate of drug-likeness (QED) is 0.859. The third kappa shape index (κ3) is 3.14. The van der Waals surface area contributed by atoms with E-state index in [2.05, 4.69) is 4.98 Å². The van der Waals surface area contributed by atoms with Gasteiger partial charge in [-0.1, -0.05) is 36.4 Å². The minimum atomic E-state index is 0.0142. The van der Waals surface area contributed by atoms with Crippen LogP contribution in [-0.2, 0) is 22.6 Å². The van der Waals surface area contributed by atoms with Gasteiger partial charge in [0.05, 0.1) is 18.5 Å². The molecule has 25 heavy (non-hydrogen) atoms. The fourth-order valence-electron chi connectivity index (χ4n) is 4.00. The summed E-state index contributed by atoms with van der Waals surface area (Å²) in [6.07, 6.45) is 5.23. The zero-order chi connectivity index (χ0) is 17.2. The van der Waals surface area contributed by atoms with E-state index in [4.69, 9.17) is 0 Å². The fourth-order valence-corrected chi connectivity index (χ4v) is 4.00. The minimum absolute atomic E-state index is 0.0142. The van der Waals surface area contributed by atoms with E-state index in [9.17, 15) is 9.59 Å². The normalized spacial score (nSPS) is 22.3. The first-order valence-electron chi connectivity index (χ1n) is 8.74. The molecule has 2 fully saturated rings. The number of pyridine rings is 1. The second kappa shape index (κ2) is 6.67. The monoisotopic (exact) mass is 335 g/mol. The van der Waals surface area contributed by atoms with Crippen LogP contribution < -0.4 is 0 Å². The van der Waals surface area contributed by atoms with Crippen LogP contribution in [0, 0.1) is 0 Å². The van der Waals surface area contributed by atoms with E-state index < -0.39 is 0 Å². The van der Waals surface area contributed by atoms with Gasteiger partial charge in [0.1, 0.15) is 0 Å². The van der Waals surface area contributed by atoms with Crippen LogP contribution in [0.3, 0.4) is 0 Å². The van der Waals surface area contributed by atoms with Crippen molar-refractivity contribution in [3.05, 3.63) is 66.0 Å². The Morgan fingerprint density at radius 1 is 1.08 bits per heavy atom. The van der Waals surface area contributed by atoms with E-state index in [0.29, 0.717) is 19.4 Å². The molecule has 3 heterocycles. The van der Waals surface area contributed by atoms with E-state index in [1.165, 1.54) is 0 Å². The summed E-state index contributed by atoms with van der Waals surface area (Å²) in [4.78, 5) is 33.2. The van der Waals surface area contributed by atoms with E-state index in [0.717, 1.165) is 24.1 Å². The summed E-state index contributed by atoms with van der Waals surface area (Å²) in [5.41, 5.74) is 2.05. The van der Waals surface area contributed by atoms with Crippen molar-refractivity contribution in [2.24, 2.45) is 0 Å². The van der Waals surface area contributed by atoms with Crippen LogP contribution in [0.25, 0.3) is 0 Å². The lowest BCUT2D eigenvalue weighted by atomic mass is 10.1. The van der Waals surface area contributed by atoms with Crippen molar-refractivity contribution in [3.63, 3.8) is 0 Å². The number of nitrogens with zero attached hydrogens (tertiary/aromatic N) is 3. The van der Waals surface area contributed by atoms with Gasteiger partial charge in [0.25, 0.3) is 0 Å². The molecule has 5 heteroatoms. The first-order chi connectivity index (χ1) is 12.2. The molecule has 2 amide bonds. The molecule has 0 saturated carbocycles. The second-order valence-electron chi connectivity index (χ2n) is 6.76. The van der Waals surface area contributed by atoms with Crippen molar-refractivity contribution in [2.45, 2.75) is 37.9 Å². The third-order valence-corrected chi connectivity index (χ3v) is 5.21. The van der Waals surface area contributed by atoms with Crippen molar-refractivity contribution >= 4 is 11.8 Å². The lowest BCUT2D eigenvalue weighted by Gasteiger charge is -2.25. The molecule has 2 saturated heterocycles. The summed E-state index contributed by atoms with van der Waals surface area (Å²) in [7, 11) is 0. The maximum atomic E-state index is 12.7. The molecule has 0 unspecified atom stereocenters. The van der Waals surface area contributed by atoms with Gasteiger partial charge < -0.3 is 9.80 Å². The molecule has 2 aliphatic rings. The zero-order valence-corrected chi connectivity index (χ0v) is 14.0. The maximum absolute atomic E-state index is 12.7. The number of carbonyl (C=O) groups is 2. The van der Waals surface area contributed by atoms with Gasteiger partial charge in [-0.25, -0.2) is 0 Å². The highest BCUT2D eigenvalue weighted by Crippen LogP contribution is 2.33. The van der Waals surface area contributed by atoms with Gasteiger partial charge in [0.2, 0.25) is 11.8 Å². The predicted molar refractivity (Wildman–Crippen MR) is 93.5 cm³/mol. The van der Waals surface area contributed by atoms with Crippen molar-refractivity contribution in [1.29, 1.82) is 0 Å². The molecule has 0 radical (unpaired) electrons. The lowest BCUT2D eigenvalue weighted by Crippen LogP contribution is -2.40. The van der Waals surface area contributed by atoms with Gasteiger partial charge in [0.15, 0.2) is 0 Å². The number of rotatable bonds is 4. The minimum Gasteiger partial charge on any atom is -0.337 e. The Morgan fingerprint density at radius 2 is 1.88 bits per heavy atom. The number of hydrogen-bond donors (Lipinski definition) is 0. The Balaban J connectivity index is 1.45. The summed E-state index contributed by atoms with van der Waals surface area (Å²) in [5, 5.41) is 0. The van der Waals surface area contributed by atoms with Gasteiger partial charge in [-0.3, -0.25) is 14.6 Å². The van der Waals surface area contributed by atoms with Crippen molar-refractivity contribution in [3.8, 4) is 0 Å². The van der Waals surface area contributed by atoms with Crippen molar-refractivity contribution < 1.29 is 9.59 Å². The third-order valence-electron chi connectivity index (χ3n) is 5.21. The maximum Gasteiger partial charge on any atom is 0.227 e. The second-order valence-corrected chi connectivity index (χ2v) is 6.76. The Labute approximate surface area is 147 Å². The number of benzene rings is 1. The SMILES string of the molecule is O=C1C[C@H]2[C@@H](CCN2C(=O)Cc2ccccc2)N1Cc1cccnc1. The molecule has 5 nitrogen and oxygen atoms in total. The van der Waals surface area contributed by atoms with Gasteiger partial charge in [-0.15, -0.1) is 0 Å². The van der Waals surface area contributed by atoms with Crippen molar-refractivity contribution in [1.82, 2.24) is 14.8 Å². The Bertz CT molecular complexity index is 763. The summed E-state index contributed by atoms with van der Waals surface area (Å²) in [6, 6.07) is 13.8. The summed E-state index contributed by atoms with van der Waals surface area (Å²) in [5.74, 6) is 0.255. The van der Waals surface area contributed by atoms with Crippen LogP contribution in [0.4, 0.5) is 0 Å². The number of aromatic nitrogens is 1. The molecule has 128 valence electrons. The number of likely N-dealkylation sites (tertiary alicyclic amines) is 2. The van der Waals surface area contributed by atoms with Gasteiger partial charge in [-0.05, 0) is 23.6 Å². The fraction of sp³-hybridized carbons (Fsp3) is 0.350. The number of carbonyl (C=O) groups excluding carboxylic acids is 2. The average molecular weight is 335 g/mol. The lowest BCUT2D eigenvalue weighted by molar-refractivity contribution is -0.131. The number of fused-ring (bicyclic) bond motifs is 1. The van der Waals surface area contributed by atoms with E-state index in [1.54, 1.807) is 12.4 Å². The largest absolute Gasteiger partial charge is 0.337 e. The highest BCUT2D eigenvalue weighted by atomic mass is 16.2. The van der Waals surface area contributed by atoms with E-state index >= 15 is 0 Å². The predicted octanol–water partition coefficient (Wildman–Crippen LogP) is 2.03. The molecule has 2 atom stereocenters. The molecule has 0 bridgehead atoms. The smallest absolute Gasteiger partial charge is 0.227 e. The van der Waals surface area contributed by atoms with Crippen LogP contribution >= 0.6 is 0 Å². The van der Waals surface area contributed by atoms with Crippen LogP contribution in [0.15, 0.2) is 54.9 Å². The van der Waals surface area contributed by atoms with Gasteiger partial charge in [-0.2, -0.15) is 0 Å². The van der Waals surface area contributed by atoms with Gasteiger partial charge >= 0.3 is 0 Å². The highest BCUT2D eigenvalue weighted by Gasteiger charge is 2.47. The van der Waals surface area contributed by atoms with E-state index in [1.807, 2.05) is 52.3 Å². The molecule has 0 aliphatic carbocycles. The molecule has 2 aromatic rings. The summed E-state index contributed by atoms with van der Waals surface area (Å²) in [6.45, 7) is 1.31. The Kier molecular flexibility index (Phi) is 4.22. The van der Waals surface area contributed by atoms with Crippen LogP contribution in [0.2, 0.25) is 0 Å². The molecule has 0 spiro atoms. The standard InChI is InChI=1S/C20H21N3O2/c24-19(11-15-5-2-1-3-6-15)22-10-8-17-18(22)12-20(25)23(17)14-16-7-4-9-21-13-16/h1-7,9,13,17-18H,8,10-12,14H2/t17-,18+/m1/s1. The van der Waals surface area contributed by atoms with E-state index in [-0.39, 0.29) is 23.9 Å².